The summed E-state index contributed by atoms with van der Waals surface area (Å²) in [7, 11) is 2.01. The maximum atomic E-state index is 12.5. The van der Waals surface area contributed by atoms with Gasteiger partial charge in [-0.2, -0.15) is 0 Å². The van der Waals surface area contributed by atoms with Crippen LogP contribution in [0.4, 0.5) is 22.5 Å². The van der Waals surface area contributed by atoms with Gasteiger partial charge in [-0.1, -0.05) is 29.0 Å². The molecule has 1 radical (unpaired) electrons. The molecular weight excluding hydrogens is 432 g/mol. The van der Waals surface area contributed by atoms with E-state index in [2.05, 4.69) is 57.8 Å². The van der Waals surface area contributed by atoms with Gasteiger partial charge < -0.3 is 15.1 Å². The Morgan fingerprint density at radius 1 is 1.15 bits per heavy atom. The molecule has 1 N–H and O–H groups in total. The molecule has 4 aromatic rings. The van der Waals surface area contributed by atoms with Gasteiger partial charge >= 0.3 is 0 Å². The Morgan fingerprint density at radius 2 is 2.00 bits per heavy atom. The van der Waals surface area contributed by atoms with E-state index in [0.29, 0.717) is 12.2 Å². The van der Waals surface area contributed by atoms with Gasteiger partial charge in [0.15, 0.2) is 5.13 Å². The number of hydrogen-bond donors (Lipinski definition) is 1. The van der Waals surface area contributed by atoms with Crippen LogP contribution in [0.2, 0.25) is 0 Å². The van der Waals surface area contributed by atoms with Crippen molar-refractivity contribution in [2.75, 3.05) is 30.4 Å². The van der Waals surface area contributed by atoms with Crippen molar-refractivity contribution in [2.24, 2.45) is 0 Å². The molecule has 3 aromatic heterocycles. The molecule has 0 aliphatic carbocycles. The minimum Gasteiger partial charge on any atom is -0.342 e. The van der Waals surface area contributed by atoms with E-state index in [1.807, 2.05) is 36.2 Å². The van der Waals surface area contributed by atoms with Crippen LogP contribution >= 0.6 is 11.3 Å². The van der Waals surface area contributed by atoms with E-state index >= 15 is 0 Å². The lowest BCUT2D eigenvalue weighted by Crippen LogP contribution is -2.29. The second kappa shape index (κ2) is 9.15. The molecule has 1 fully saturated rings. The molecule has 4 heterocycles. The number of fused-ring (bicyclic) bond motifs is 1. The first-order valence-corrected chi connectivity index (χ1v) is 11.8. The maximum Gasteiger partial charge on any atom is 0.227 e. The summed E-state index contributed by atoms with van der Waals surface area (Å²) in [6.07, 6.45) is 5.22. The Bertz CT molecular complexity index is 1280. The first-order chi connectivity index (χ1) is 16.0. The van der Waals surface area contributed by atoms with Crippen molar-refractivity contribution >= 4 is 50.0 Å². The summed E-state index contributed by atoms with van der Waals surface area (Å²) in [6, 6.07) is 16.1. The number of anilines is 4. The highest BCUT2D eigenvalue weighted by Crippen LogP contribution is 2.30. The van der Waals surface area contributed by atoms with Crippen molar-refractivity contribution in [2.45, 2.75) is 19.8 Å². The van der Waals surface area contributed by atoms with Crippen LogP contribution in [0.15, 0.2) is 54.7 Å². The highest BCUT2D eigenvalue weighted by atomic mass is 32.1. The molecule has 5 rings (SSSR count). The third-order valence-electron chi connectivity index (χ3n) is 5.73. The Balaban J connectivity index is 1.31. The number of benzene rings is 1. The van der Waals surface area contributed by atoms with Gasteiger partial charge in [0, 0.05) is 32.0 Å². The largest absolute Gasteiger partial charge is 0.342 e. The number of amides is 1. The van der Waals surface area contributed by atoms with Gasteiger partial charge in [-0.25, -0.2) is 15.0 Å². The standard InChI is InChI=1S/C25H25N6OS/c1-17-5-7-19(8-6-17)30(2)22-10-9-20-24(29-22)33-25(27-20)28-21-15-18(11-12-26-21)16-23(32)31-13-3-4-14-31/h3,5-12,15H,4,13-14,16H2,1-2H3,(H,26,27,28). The van der Waals surface area contributed by atoms with Crippen molar-refractivity contribution in [3.8, 4) is 0 Å². The highest BCUT2D eigenvalue weighted by molar-refractivity contribution is 7.21. The van der Waals surface area contributed by atoms with Crippen LogP contribution in [-0.2, 0) is 11.2 Å². The number of carbonyl (C=O) groups excluding carboxylic acids is 1. The topological polar surface area (TPSA) is 74.2 Å². The van der Waals surface area contributed by atoms with E-state index in [-0.39, 0.29) is 5.91 Å². The van der Waals surface area contributed by atoms with E-state index in [1.54, 1.807) is 6.20 Å². The molecule has 1 saturated heterocycles. The van der Waals surface area contributed by atoms with E-state index < -0.39 is 0 Å². The van der Waals surface area contributed by atoms with E-state index in [0.717, 1.165) is 52.1 Å². The summed E-state index contributed by atoms with van der Waals surface area (Å²) in [5.41, 5.74) is 4.08. The fourth-order valence-corrected chi connectivity index (χ4v) is 4.65. The Hall–Kier alpha value is -3.52. The van der Waals surface area contributed by atoms with E-state index in [4.69, 9.17) is 4.98 Å². The Labute approximate surface area is 197 Å². The smallest absolute Gasteiger partial charge is 0.227 e. The molecule has 7 nitrogen and oxygen atoms in total. The molecular formula is C25H25N6OS. The van der Waals surface area contributed by atoms with Gasteiger partial charge in [0.2, 0.25) is 5.91 Å². The fourth-order valence-electron chi connectivity index (χ4n) is 3.81. The molecule has 1 aliphatic rings. The molecule has 8 heteroatoms. The van der Waals surface area contributed by atoms with Crippen LogP contribution in [-0.4, -0.2) is 45.9 Å². The van der Waals surface area contributed by atoms with Crippen LogP contribution in [0.3, 0.4) is 0 Å². The quantitative estimate of drug-likeness (QED) is 0.445. The maximum absolute atomic E-state index is 12.5. The zero-order chi connectivity index (χ0) is 22.8. The molecule has 1 aliphatic heterocycles. The predicted molar refractivity (Wildman–Crippen MR) is 133 cm³/mol. The van der Waals surface area contributed by atoms with Crippen LogP contribution in [0, 0.1) is 13.3 Å². The number of aryl methyl sites for hydroxylation is 1. The molecule has 167 valence electrons. The normalized spacial score (nSPS) is 13.5. The first kappa shape index (κ1) is 21.3. The van der Waals surface area contributed by atoms with Gasteiger partial charge in [0.25, 0.3) is 0 Å². The molecule has 0 spiro atoms. The number of nitrogens with one attached hydrogen (secondary N) is 1. The number of likely N-dealkylation sites (tertiary alicyclic amines) is 1. The van der Waals surface area contributed by atoms with Crippen LogP contribution < -0.4 is 10.2 Å². The SMILES string of the molecule is Cc1ccc(N(C)c2ccc3nc(Nc4cc(CC(=O)N5C[CH]CC5)ccn4)sc3n2)cc1. The van der Waals surface area contributed by atoms with Gasteiger partial charge in [-0.15, -0.1) is 0 Å². The number of aromatic nitrogens is 3. The summed E-state index contributed by atoms with van der Waals surface area (Å²) in [6.45, 7) is 3.64. The number of hydrogen-bond acceptors (Lipinski definition) is 7. The van der Waals surface area contributed by atoms with E-state index in [9.17, 15) is 4.79 Å². The number of pyridine rings is 2. The third-order valence-corrected chi connectivity index (χ3v) is 6.61. The number of carbonyl (C=O) groups is 1. The first-order valence-electron chi connectivity index (χ1n) is 10.9. The average molecular weight is 458 g/mol. The lowest BCUT2D eigenvalue weighted by Gasteiger charge is -2.18. The summed E-state index contributed by atoms with van der Waals surface area (Å²) < 4.78 is 0. The predicted octanol–water partition coefficient (Wildman–Crippen LogP) is 4.89. The molecule has 0 saturated carbocycles. The molecule has 1 aromatic carbocycles. The number of rotatable bonds is 6. The van der Waals surface area contributed by atoms with Crippen molar-refractivity contribution in [3.63, 3.8) is 0 Å². The average Bonchev–Trinajstić information content (AvgIpc) is 3.49. The summed E-state index contributed by atoms with van der Waals surface area (Å²) in [4.78, 5) is 31.1. The second-order valence-electron chi connectivity index (χ2n) is 8.18. The zero-order valence-electron chi connectivity index (χ0n) is 18.7. The highest BCUT2D eigenvalue weighted by Gasteiger charge is 2.18. The van der Waals surface area contributed by atoms with Crippen molar-refractivity contribution in [1.82, 2.24) is 19.9 Å². The van der Waals surface area contributed by atoms with Gasteiger partial charge in [0.1, 0.15) is 22.0 Å². The molecule has 0 bridgehead atoms. The summed E-state index contributed by atoms with van der Waals surface area (Å²) >= 11 is 1.48. The lowest BCUT2D eigenvalue weighted by atomic mass is 10.2. The van der Waals surface area contributed by atoms with Gasteiger partial charge in [-0.05, 0) is 61.7 Å². The number of thiazole rings is 1. The van der Waals surface area contributed by atoms with Crippen LogP contribution in [0.1, 0.15) is 17.5 Å². The van der Waals surface area contributed by atoms with Crippen molar-refractivity contribution in [3.05, 3.63) is 72.3 Å². The second-order valence-corrected chi connectivity index (χ2v) is 9.15. The molecule has 0 atom stereocenters. The van der Waals surface area contributed by atoms with Gasteiger partial charge in [-0.3, -0.25) is 4.79 Å². The lowest BCUT2D eigenvalue weighted by molar-refractivity contribution is -0.129. The Kier molecular flexibility index (Phi) is 5.92. The van der Waals surface area contributed by atoms with Gasteiger partial charge in [0.05, 0.1) is 6.42 Å². The van der Waals surface area contributed by atoms with Crippen molar-refractivity contribution < 1.29 is 4.79 Å². The molecule has 0 unspecified atom stereocenters. The summed E-state index contributed by atoms with van der Waals surface area (Å²) in [5, 5.41) is 3.99. The van der Waals surface area contributed by atoms with Crippen LogP contribution in [0.5, 0.6) is 0 Å². The summed E-state index contributed by atoms with van der Waals surface area (Å²) in [5.74, 6) is 1.68. The monoisotopic (exact) mass is 457 g/mol. The molecule has 1 amide bonds. The minimum atomic E-state index is 0.148. The van der Waals surface area contributed by atoms with Crippen molar-refractivity contribution in [1.29, 1.82) is 0 Å². The van der Waals surface area contributed by atoms with E-state index in [1.165, 1.54) is 16.9 Å². The zero-order valence-corrected chi connectivity index (χ0v) is 19.5. The third kappa shape index (κ3) is 4.80. The fraction of sp³-hybridized carbons (Fsp3) is 0.240. The molecule has 33 heavy (non-hydrogen) atoms. The number of nitrogens with zero attached hydrogens (tertiary/aromatic N) is 5. The van der Waals surface area contributed by atoms with Crippen LogP contribution in [0.25, 0.3) is 10.3 Å². The Morgan fingerprint density at radius 3 is 2.79 bits per heavy atom. The minimum absolute atomic E-state index is 0.148.